The molecular formula is C21H22N4O5S. The van der Waals surface area contributed by atoms with Crippen LogP contribution in [0.5, 0.6) is 0 Å². The van der Waals surface area contributed by atoms with E-state index < -0.39 is 21.3 Å². The number of fused-ring (bicyclic) bond motifs is 2. The van der Waals surface area contributed by atoms with Gasteiger partial charge in [0.25, 0.3) is 11.5 Å². The van der Waals surface area contributed by atoms with E-state index in [1.54, 1.807) is 26.0 Å². The third-order valence-corrected chi connectivity index (χ3v) is 6.93. The molecule has 0 spiro atoms. The molecule has 0 saturated carbocycles. The number of H-pyrrole nitrogens is 1. The van der Waals surface area contributed by atoms with Crippen molar-refractivity contribution in [1.82, 2.24) is 14.3 Å². The summed E-state index contributed by atoms with van der Waals surface area (Å²) in [5.41, 5.74) is 1.06. The van der Waals surface area contributed by atoms with Gasteiger partial charge in [-0.05, 0) is 49.2 Å². The highest BCUT2D eigenvalue weighted by molar-refractivity contribution is 7.89. The van der Waals surface area contributed by atoms with Gasteiger partial charge in [0.05, 0.1) is 15.8 Å². The number of benzene rings is 2. The minimum absolute atomic E-state index is 0.0933. The fraction of sp³-hybridized carbons (Fsp3) is 0.286. The Bertz CT molecular complexity index is 1420. The number of carbonyl (C=O) groups is 1. The van der Waals surface area contributed by atoms with Crippen molar-refractivity contribution in [1.29, 1.82) is 0 Å². The molecule has 10 heteroatoms. The number of sulfonamides is 1. The van der Waals surface area contributed by atoms with Crippen LogP contribution in [0, 0.1) is 0 Å². The molecule has 0 unspecified atom stereocenters. The molecule has 0 atom stereocenters. The standard InChI is InChI=1S/C21H22N4O5S/c1-3-22-31(29,30)15-7-5-13-9-10-25(18(13)12-15)19(26)14-6-8-16-17(11-14)23-21(28)24(4-2)20(16)27/h5-8,11-12,22H,3-4,9-10H2,1-2H3,(H,23,28). The summed E-state index contributed by atoms with van der Waals surface area (Å²) in [5.74, 6) is -0.334. The lowest BCUT2D eigenvalue weighted by Gasteiger charge is -2.18. The quantitative estimate of drug-likeness (QED) is 0.615. The molecule has 0 bridgehead atoms. The second kappa shape index (κ2) is 7.78. The van der Waals surface area contributed by atoms with Crippen molar-refractivity contribution in [3.8, 4) is 0 Å². The summed E-state index contributed by atoms with van der Waals surface area (Å²) >= 11 is 0. The van der Waals surface area contributed by atoms with Crippen molar-refractivity contribution >= 4 is 32.5 Å². The van der Waals surface area contributed by atoms with Gasteiger partial charge in [0.2, 0.25) is 10.0 Å². The van der Waals surface area contributed by atoms with Crippen molar-refractivity contribution in [2.24, 2.45) is 0 Å². The Labute approximate surface area is 178 Å². The Kier molecular flexibility index (Phi) is 5.28. The SMILES string of the molecule is CCNS(=O)(=O)c1ccc2c(c1)N(C(=O)c1ccc3c(=O)n(CC)c(=O)[nH]c3c1)CC2. The molecule has 2 heterocycles. The average molecular weight is 442 g/mol. The summed E-state index contributed by atoms with van der Waals surface area (Å²) in [6, 6.07) is 9.30. The third kappa shape index (κ3) is 3.57. The van der Waals surface area contributed by atoms with E-state index in [9.17, 15) is 22.8 Å². The van der Waals surface area contributed by atoms with Crippen LogP contribution in [0.4, 0.5) is 5.69 Å². The fourth-order valence-electron chi connectivity index (χ4n) is 3.84. The van der Waals surface area contributed by atoms with Crippen LogP contribution < -0.4 is 20.9 Å². The summed E-state index contributed by atoms with van der Waals surface area (Å²) in [7, 11) is -3.66. The Hall–Kier alpha value is -3.24. The van der Waals surface area contributed by atoms with Crippen LogP contribution in [0.15, 0.2) is 50.9 Å². The Balaban J connectivity index is 1.75. The lowest BCUT2D eigenvalue weighted by Crippen LogP contribution is -2.34. The van der Waals surface area contributed by atoms with Crippen molar-refractivity contribution in [3.63, 3.8) is 0 Å². The fourth-order valence-corrected chi connectivity index (χ4v) is 4.90. The molecule has 9 nitrogen and oxygen atoms in total. The number of carbonyl (C=O) groups excluding carboxylic acids is 1. The second-order valence-corrected chi connectivity index (χ2v) is 9.01. The van der Waals surface area contributed by atoms with Gasteiger partial charge in [0, 0.05) is 30.9 Å². The maximum Gasteiger partial charge on any atom is 0.328 e. The van der Waals surface area contributed by atoms with Gasteiger partial charge in [-0.2, -0.15) is 0 Å². The molecule has 162 valence electrons. The van der Waals surface area contributed by atoms with Gasteiger partial charge >= 0.3 is 5.69 Å². The highest BCUT2D eigenvalue weighted by atomic mass is 32.2. The molecule has 0 radical (unpaired) electrons. The van der Waals surface area contributed by atoms with Gasteiger partial charge in [-0.1, -0.05) is 13.0 Å². The lowest BCUT2D eigenvalue weighted by molar-refractivity contribution is 0.0989. The van der Waals surface area contributed by atoms with Crippen LogP contribution >= 0.6 is 0 Å². The van der Waals surface area contributed by atoms with Gasteiger partial charge in [-0.25, -0.2) is 17.9 Å². The summed E-state index contributed by atoms with van der Waals surface area (Å²) in [6.45, 7) is 4.31. The van der Waals surface area contributed by atoms with Gasteiger partial charge in [-0.15, -0.1) is 0 Å². The molecule has 31 heavy (non-hydrogen) atoms. The molecule has 4 rings (SSSR count). The molecule has 0 aliphatic carbocycles. The molecule has 1 aromatic heterocycles. The Morgan fingerprint density at radius 1 is 1.13 bits per heavy atom. The maximum absolute atomic E-state index is 13.2. The smallest absolute Gasteiger partial charge is 0.308 e. The normalized spacial score (nSPS) is 13.5. The number of hydrogen-bond donors (Lipinski definition) is 2. The first-order valence-corrected chi connectivity index (χ1v) is 11.5. The van der Waals surface area contributed by atoms with Crippen LogP contribution in [-0.4, -0.2) is 37.0 Å². The molecule has 0 saturated heterocycles. The number of aromatic nitrogens is 2. The number of amides is 1. The largest absolute Gasteiger partial charge is 0.328 e. The van der Waals surface area contributed by atoms with Crippen molar-refractivity contribution in [2.75, 3.05) is 18.0 Å². The molecule has 1 amide bonds. The zero-order valence-corrected chi connectivity index (χ0v) is 18.0. The van der Waals surface area contributed by atoms with Crippen LogP contribution in [0.3, 0.4) is 0 Å². The first-order chi connectivity index (χ1) is 14.8. The highest BCUT2D eigenvalue weighted by Gasteiger charge is 2.28. The van der Waals surface area contributed by atoms with E-state index >= 15 is 0 Å². The van der Waals surface area contributed by atoms with Gasteiger partial charge in [0.1, 0.15) is 0 Å². The summed E-state index contributed by atoms with van der Waals surface area (Å²) in [6.07, 6.45) is 0.605. The first kappa shape index (κ1) is 21.0. The highest BCUT2D eigenvalue weighted by Crippen LogP contribution is 2.32. The zero-order chi connectivity index (χ0) is 22.3. The van der Waals surface area contributed by atoms with Gasteiger partial charge in [-0.3, -0.25) is 14.2 Å². The number of anilines is 1. The predicted octanol–water partition coefficient (Wildman–Crippen LogP) is 1.21. The second-order valence-electron chi connectivity index (χ2n) is 7.24. The number of nitrogens with zero attached hydrogens (tertiary/aromatic N) is 2. The van der Waals surface area contributed by atoms with E-state index in [2.05, 4.69) is 9.71 Å². The van der Waals surface area contributed by atoms with E-state index in [0.29, 0.717) is 29.6 Å². The van der Waals surface area contributed by atoms with E-state index in [-0.39, 0.29) is 29.4 Å². The Morgan fingerprint density at radius 3 is 2.61 bits per heavy atom. The van der Waals surface area contributed by atoms with Gasteiger partial charge in [0.15, 0.2) is 0 Å². The summed E-state index contributed by atoms with van der Waals surface area (Å²) in [5, 5.41) is 0.318. The van der Waals surface area contributed by atoms with Crippen LogP contribution in [-0.2, 0) is 23.0 Å². The molecule has 3 aromatic rings. The summed E-state index contributed by atoms with van der Waals surface area (Å²) < 4.78 is 28.3. The van der Waals surface area contributed by atoms with E-state index in [0.717, 1.165) is 10.1 Å². The van der Waals surface area contributed by atoms with Crippen LogP contribution in [0.1, 0.15) is 29.8 Å². The summed E-state index contributed by atoms with van der Waals surface area (Å²) in [4.78, 5) is 42.1. The lowest BCUT2D eigenvalue weighted by atomic mass is 10.1. The van der Waals surface area contributed by atoms with Crippen molar-refractivity contribution < 1.29 is 13.2 Å². The monoisotopic (exact) mass is 442 g/mol. The van der Waals surface area contributed by atoms with E-state index in [1.165, 1.54) is 29.2 Å². The topological polar surface area (TPSA) is 121 Å². The van der Waals surface area contributed by atoms with Crippen LogP contribution in [0.2, 0.25) is 0 Å². The van der Waals surface area contributed by atoms with Crippen molar-refractivity contribution in [3.05, 3.63) is 68.4 Å². The van der Waals surface area contributed by atoms with Gasteiger partial charge < -0.3 is 9.88 Å². The third-order valence-electron chi connectivity index (χ3n) is 5.39. The predicted molar refractivity (Wildman–Crippen MR) is 117 cm³/mol. The Morgan fingerprint density at radius 2 is 1.90 bits per heavy atom. The number of hydrogen-bond acceptors (Lipinski definition) is 5. The van der Waals surface area contributed by atoms with Crippen molar-refractivity contribution in [2.45, 2.75) is 31.7 Å². The molecule has 2 N–H and O–H groups in total. The molecule has 1 aliphatic rings. The van der Waals surface area contributed by atoms with E-state index in [1.807, 2.05) is 0 Å². The van der Waals surface area contributed by atoms with E-state index in [4.69, 9.17) is 0 Å². The molecule has 2 aromatic carbocycles. The van der Waals surface area contributed by atoms with Crippen LogP contribution in [0.25, 0.3) is 10.9 Å². The molecular weight excluding hydrogens is 420 g/mol. The number of aromatic amines is 1. The minimum atomic E-state index is -3.66. The average Bonchev–Trinajstić information content (AvgIpc) is 3.16. The number of rotatable bonds is 5. The zero-order valence-electron chi connectivity index (χ0n) is 17.1. The first-order valence-electron chi connectivity index (χ1n) is 9.98. The molecule has 0 fully saturated rings. The maximum atomic E-state index is 13.2. The number of nitrogens with one attached hydrogen (secondary N) is 2. The molecule has 1 aliphatic heterocycles. The minimum Gasteiger partial charge on any atom is -0.308 e.